The minimum atomic E-state index is -0.535. The van der Waals surface area contributed by atoms with E-state index in [1.807, 2.05) is 30.3 Å². The first kappa shape index (κ1) is 17.9. The highest BCUT2D eigenvalue weighted by molar-refractivity contribution is 5.98. The number of carbonyl (C=O) groups excluding carboxylic acids is 1. The first-order valence-corrected chi connectivity index (χ1v) is 8.42. The van der Waals surface area contributed by atoms with Crippen molar-refractivity contribution in [2.45, 2.75) is 12.8 Å². The summed E-state index contributed by atoms with van der Waals surface area (Å²) in [6, 6.07) is 13.3. The lowest BCUT2D eigenvalue weighted by molar-refractivity contribution is 0.100. The Morgan fingerprint density at radius 1 is 1.26 bits per heavy atom. The van der Waals surface area contributed by atoms with Crippen LogP contribution in [0, 0.1) is 11.3 Å². The standard InChI is InChI=1S/C19H19N7O/c20-11-14-17(25-26(18(14)21)13-5-2-1-3-6-13)7-4-9-24-16-8-10-23-12-15(16)19(22)27/h1-3,5-6,8,10,12H,4,7,9,21H2,(H2,22,27)(H,23,24). The Kier molecular flexibility index (Phi) is 5.33. The van der Waals surface area contributed by atoms with Gasteiger partial charge in [0.1, 0.15) is 17.5 Å². The molecule has 2 heterocycles. The van der Waals surface area contributed by atoms with E-state index < -0.39 is 5.91 Å². The minimum absolute atomic E-state index is 0.330. The molecule has 0 aliphatic carbocycles. The number of anilines is 2. The predicted octanol–water partition coefficient (Wildman–Crippen LogP) is 1.86. The van der Waals surface area contributed by atoms with E-state index in [-0.39, 0.29) is 0 Å². The zero-order valence-corrected chi connectivity index (χ0v) is 14.6. The maximum atomic E-state index is 11.4. The number of hydrogen-bond acceptors (Lipinski definition) is 6. The fourth-order valence-electron chi connectivity index (χ4n) is 2.76. The molecule has 0 radical (unpaired) electrons. The van der Waals surface area contributed by atoms with E-state index in [1.54, 1.807) is 16.9 Å². The third-order valence-corrected chi connectivity index (χ3v) is 4.10. The van der Waals surface area contributed by atoms with Crippen LogP contribution in [0.2, 0.25) is 0 Å². The van der Waals surface area contributed by atoms with Gasteiger partial charge in [-0.2, -0.15) is 10.4 Å². The van der Waals surface area contributed by atoms with Crippen LogP contribution in [-0.4, -0.2) is 27.2 Å². The summed E-state index contributed by atoms with van der Waals surface area (Å²) in [7, 11) is 0. The molecule has 0 aliphatic heterocycles. The van der Waals surface area contributed by atoms with Gasteiger partial charge in [0.05, 0.1) is 22.6 Å². The molecule has 0 unspecified atom stereocenters. The molecular weight excluding hydrogens is 342 g/mol. The molecule has 0 saturated carbocycles. The third-order valence-electron chi connectivity index (χ3n) is 4.10. The van der Waals surface area contributed by atoms with Crippen LogP contribution < -0.4 is 16.8 Å². The number of aromatic nitrogens is 3. The van der Waals surface area contributed by atoms with Crippen molar-refractivity contribution in [1.29, 1.82) is 5.26 Å². The average molecular weight is 361 g/mol. The second kappa shape index (κ2) is 8.01. The summed E-state index contributed by atoms with van der Waals surface area (Å²) in [4.78, 5) is 15.3. The van der Waals surface area contributed by atoms with Gasteiger partial charge in [0.15, 0.2) is 0 Å². The van der Waals surface area contributed by atoms with Crippen molar-refractivity contribution in [3.8, 4) is 11.8 Å². The lowest BCUT2D eigenvalue weighted by Crippen LogP contribution is -2.15. The Balaban J connectivity index is 1.69. The second-order valence-electron chi connectivity index (χ2n) is 5.88. The zero-order valence-electron chi connectivity index (χ0n) is 14.6. The van der Waals surface area contributed by atoms with E-state index in [1.165, 1.54) is 6.20 Å². The highest BCUT2D eigenvalue weighted by atomic mass is 16.1. The molecule has 5 N–H and O–H groups in total. The van der Waals surface area contributed by atoms with Crippen LogP contribution >= 0.6 is 0 Å². The number of primary amides is 1. The van der Waals surface area contributed by atoms with E-state index in [2.05, 4.69) is 21.5 Å². The summed E-state index contributed by atoms with van der Waals surface area (Å²) < 4.78 is 1.58. The summed E-state index contributed by atoms with van der Waals surface area (Å²) in [5.74, 6) is -0.205. The highest BCUT2D eigenvalue weighted by Crippen LogP contribution is 2.21. The molecule has 0 bridgehead atoms. The number of nitriles is 1. The van der Waals surface area contributed by atoms with Crippen molar-refractivity contribution >= 4 is 17.4 Å². The number of carbonyl (C=O) groups is 1. The van der Waals surface area contributed by atoms with Crippen molar-refractivity contribution in [3.05, 3.63) is 65.6 Å². The number of benzene rings is 1. The largest absolute Gasteiger partial charge is 0.384 e. The van der Waals surface area contributed by atoms with Gasteiger partial charge in [0, 0.05) is 18.9 Å². The number of rotatable bonds is 7. The minimum Gasteiger partial charge on any atom is -0.384 e. The Hall–Kier alpha value is -3.86. The molecule has 8 nitrogen and oxygen atoms in total. The molecule has 0 fully saturated rings. The molecule has 3 aromatic rings. The van der Waals surface area contributed by atoms with Gasteiger partial charge in [-0.25, -0.2) is 4.68 Å². The Labute approximate surface area is 156 Å². The molecule has 8 heteroatoms. The molecule has 0 aliphatic rings. The van der Waals surface area contributed by atoms with Gasteiger partial charge in [0.2, 0.25) is 0 Å². The Bertz CT molecular complexity index is 989. The van der Waals surface area contributed by atoms with Crippen molar-refractivity contribution in [1.82, 2.24) is 14.8 Å². The lowest BCUT2D eigenvalue weighted by Gasteiger charge is -2.08. The predicted molar refractivity (Wildman–Crippen MR) is 102 cm³/mol. The Morgan fingerprint density at radius 3 is 2.74 bits per heavy atom. The van der Waals surface area contributed by atoms with Crippen LogP contribution in [0.15, 0.2) is 48.8 Å². The first-order chi connectivity index (χ1) is 13.1. The topological polar surface area (TPSA) is 136 Å². The van der Waals surface area contributed by atoms with Crippen molar-refractivity contribution in [2.24, 2.45) is 5.73 Å². The quantitative estimate of drug-likeness (QED) is 0.550. The summed E-state index contributed by atoms with van der Waals surface area (Å²) in [5, 5.41) is 17.1. The van der Waals surface area contributed by atoms with Crippen LogP contribution in [0.5, 0.6) is 0 Å². The van der Waals surface area contributed by atoms with Gasteiger partial charge in [0.25, 0.3) is 5.91 Å². The first-order valence-electron chi connectivity index (χ1n) is 8.42. The molecule has 1 amide bonds. The van der Waals surface area contributed by atoms with Crippen LogP contribution in [0.25, 0.3) is 5.69 Å². The SMILES string of the molecule is N#Cc1c(CCCNc2ccncc2C(N)=O)nn(-c2ccccc2)c1N. The van der Waals surface area contributed by atoms with Crippen LogP contribution in [0.1, 0.15) is 28.0 Å². The van der Waals surface area contributed by atoms with Gasteiger partial charge in [-0.1, -0.05) is 18.2 Å². The van der Waals surface area contributed by atoms with Gasteiger partial charge < -0.3 is 16.8 Å². The fraction of sp³-hybridized carbons (Fsp3) is 0.158. The van der Waals surface area contributed by atoms with Gasteiger partial charge >= 0.3 is 0 Å². The van der Waals surface area contributed by atoms with E-state index in [0.29, 0.717) is 47.7 Å². The third kappa shape index (κ3) is 3.88. The summed E-state index contributed by atoms with van der Waals surface area (Å²) in [5.41, 5.74) is 14.3. The summed E-state index contributed by atoms with van der Waals surface area (Å²) in [6.45, 7) is 0.577. The number of para-hydroxylation sites is 1. The monoisotopic (exact) mass is 361 g/mol. The molecular formula is C19H19N7O. The van der Waals surface area contributed by atoms with E-state index >= 15 is 0 Å². The van der Waals surface area contributed by atoms with Crippen molar-refractivity contribution in [3.63, 3.8) is 0 Å². The molecule has 2 aromatic heterocycles. The molecule has 136 valence electrons. The number of nitrogen functional groups attached to an aromatic ring is 1. The van der Waals surface area contributed by atoms with Crippen LogP contribution in [-0.2, 0) is 6.42 Å². The smallest absolute Gasteiger partial charge is 0.252 e. The molecule has 0 saturated heterocycles. The Morgan fingerprint density at radius 2 is 2.04 bits per heavy atom. The van der Waals surface area contributed by atoms with Crippen LogP contribution in [0.3, 0.4) is 0 Å². The number of hydrogen-bond donors (Lipinski definition) is 3. The van der Waals surface area contributed by atoms with Gasteiger partial charge in [-0.15, -0.1) is 0 Å². The highest BCUT2D eigenvalue weighted by Gasteiger charge is 2.16. The molecule has 27 heavy (non-hydrogen) atoms. The number of amides is 1. The summed E-state index contributed by atoms with van der Waals surface area (Å²) in [6.07, 6.45) is 4.28. The zero-order chi connectivity index (χ0) is 19.2. The molecule has 0 spiro atoms. The second-order valence-corrected chi connectivity index (χ2v) is 5.88. The molecule has 0 atom stereocenters. The molecule has 3 rings (SSSR count). The number of pyridine rings is 1. The van der Waals surface area contributed by atoms with Gasteiger partial charge in [-0.05, 0) is 31.0 Å². The van der Waals surface area contributed by atoms with E-state index in [0.717, 1.165) is 5.69 Å². The van der Waals surface area contributed by atoms with Gasteiger partial charge in [-0.3, -0.25) is 9.78 Å². The van der Waals surface area contributed by atoms with E-state index in [4.69, 9.17) is 11.5 Å². The maximum absolute atomic E-state index is 11.4. The normalized spacial score (nSPS) is 10.3. The fourth-order valence-corrected chi connectivity index (χ4v) is 2.76. The average Bonchev–Trinajstić information content (AvgIpc) is 3.01. The van der Waals surface area contributed by atoms with Crippen LogP contribution in [0.4, 0.5) is 11.5 Å². The number of aryl methyl sites for hydroxylation is 1. The number of nitrogens with one attached hydrogen (secondary N) is 1. The maximum Gasteiger partial charge on any atom is 0.252 e. The lowest BCUT2D eigenvalue weighted by atomic mass is 10.1. The number of nitrogens with two attached hydrogens (primary N) is 2. The molecule has 1 aromatic carbocycles. The van der Waals surface area contributed by atoms with Crippen molar-refractivity contribution in [2.75, 3.05) is 17.6 Å². The van der Waals surface area contributed by atoms with Crippen molar-refractivity contribution < 1.29 is 4.79 Å². The number of nitrogens with zero attached hydrogens (tertiary/aromatic N) is 4. The van der Waals surface area contributed by atoms with E-state index in [9.17, 15) is 10.1 Å². The summed E-state index contributed by atoms with van der Waals surface area (Å²) >= 11 is 0.